The van der Waals surface area contributed by atoms with Gasteiger partial charge in [-0.15, -0.1) is 16.7 Å². The van der Waals surface area contributed by atoms with Crippen LogP contribution in [0.15, 0.2) is 18.3 Å². The van der Waals surface area contributed by atoms with Gasteiger partial charge in [0.1, 0.15) is 5.88 Å². The molecular formula is C6H6ClN3O. The van der Waals surface area contributed by atoms with Crippen molar-refractivity contribution in [3.8, 4) is 0 Å². The largest absolute Gasteiger partial charge is 0.308 e. The number of rotatable bonds is 2. The molecule has 1 heterocycles. The van der Waals surface area contributed by atoms with Gasteiger partial charge in [-0.2, -0.15) is 5.10 Å². The first-order valence-electron chi connectivity index (χ1n) is 2.96. The molecule has 1 aromatic heterocycles. The van der Waals surface area contributed by atoms with Crippen LogP contribution >= 0.6 is 11.6 Å². The van der Waals surface area contributed by atoms with Gasteiger partial charge in [0.15, 0.2) is 5.82 Å². The summed E-state index contributed by atoms with van der Waals surface area (Å²) < 4.78 is 0. The number of hydrogen-bond acceptors (Lipinski definition) is 3. The molecule has 58 valence electrons. The van der Waals surface area contributed by atoms with Gasteiger partial charge < -0.3 is 5.32 Å². The van der Waals surface area contributed by atoms with Crippen LogP contribution in [0.25, 0.3) is 0 Å². The predicted octanol–water partition coefficient (Wildman–Crippen LogP) is 0.654. The van der Waals surface area contributed by atoms with Crippen molar-refractivity contribution in [3.63, 3.8) is 0 Å². The van der Waals surface area contributed by atoms with E-state index in [4.69, 9.17) is 11.6 Å². The maximum atomic E-state index is 10.7. The Labute approximate surface area is 68.6 Å². The monoisotopic (exact) mass is 171 g/mol. The minimum Gasteiger partial charge on any atom is -0.308 e. The zero-order valence-corrected chi connectivity index (χ0v) is 6.38. The molecule has 0 spiro atoms. The molecule has 1 N–H and O–H groups in total. The Kier molecular flexibility index (Phi) is 2.80. The molecule has 1 aromatic rings. The summed E-state index contributed by atoms with van der Waals surface area (Å²) in [5.74, 6) is 0.0571. The fourth-order valence-corrected chi connectivity index (χ4v) is 0.611. The van der Waals surface area contributed by atoms with Crippen molar-refractivity contribution in [1.29, 1.82) is 0 Å². The molecule has 0 saturated carbocycles. The van der Waals surface area contributed by atoms with Crippen molar-refractivity contribution < 1.29 is 4.79 Å². The minimum absolute atomic E-state index is 0.0728. The second-order valence-corrected chi connectivity index (χ2v) is 2.06. The van der Waals surface area contributed by atoms with Gasteiger partial charge in [0, 0.05) is 6.20 Å². The number of alkyl halides is 1. The molecule has 0 aromatic carbocycles. The quantitative estimate of drug-likeness (QED) is 0.665. The van der Waals surface area contributed by atoms with Crippen molar-refractivity contribution in [2.24, 2.45) is 0 Å². The number of anilines is 1. The summed E-state index contributed by atoms with van der Waals surface area (Å²) in [5, 5.41) is 9.64. The van der Waals surface area contributed by atoms with Crippen molar-refractivity contribution in [2.75, 3.05) is 11.2 Å². The zero-order valence-electron chi connectivity index (χ0n) is 5.62. The van der Waals surface area contributed by atoms with Gasteiger partial charge in [-0.05, 0) is 12.1 Å². The highest BCUT2D eigenvalue weighted by Gasteiger charge is 1.98. The van der Waals surface area contributed by atoms with Crippen LogP contribution in [0.1, 0.15) is 0 Å². The number of carbonyl (C=O) groups excluding carboxylic acids is 1. The molecule has 0 aliphatic carbocycles. The summed E-state index contributed by atoms with van der Waals surface area (Å²) in [7, 11) is 0. The molecule has 0 unspecified atom stereocenters. The lowest BCUT2D eigenvalue weighted by Crippen LogP contribution is -2.13. The normalized spacial score (nSPS) is 9.18. The summed E-state index contributed by atoms with van der Waals surface area (Å²) >= 11 is 5.24. The number of nitrogens with one attached hydrogen (secondary N) is 1. The average Bonchev–Trinajstić information content (AvgIpc) is 2.06. The number of halogens is 1. The Morgan fingerprint density at radius 1 is 1.73 bits per heavy atom. The highest BCUT2D eigenvalue weighted by molar-refractivity contribution is 6.28. The average molecular weight is 172 g/mol. The number of aromatic nitrogens is 2. The van der Waals surface area contributed by atoms with E-state index in [1.807, 2.05) is 0 Å². The topological polar surface area (TPSA) is 54.9 Å². The van der Waals surface area contributed by atoms with E-state index < -0.39 is 0 Å². The smallest absolute Gasteiger partial charge is 0.240 e. The third-order valence-electron chi connectivity index (χ3n) is 0.961. The van der Waals surface area contributed by atoms with E-state index in [2.05, 4.69) is 15.5 Å². The van der Waals surface area contributed by atoms with Crippen LogP contribution in [0.2, 0.25) is 0 Å². The van der Waals surface area contributed by atoms with Crippen LogP contribution in [0.5, 0.6) is 0 Å². The Morgan fingerprint density at radius 3 is 3.09 bits per heavy atom. The van der Waals surface area contributed by atoms with Crippen LogP contribution in [0, 0.1) is 0 Å². The van der Waals surface area contributed by atoms with Gasteiger partial charge in [-0.3, -0.25) is 4.79 Å². The van der Waals surface area contributed by atoms with E-state index in [0.717, 1.165) is 0 Å². The number of hydrogen-bond donors (Lipinski definition) is 1. The highest BCUT2D eigenvalue weighted by Crippen LogP contribution is 1.97. The Hall–Kier alpha value is -1.16. The van der Waals surface area contributed by atoms with E-state index in [9.17, 15) is 4.79 Å². The second-order valence-electron chi connectivity index (χ2n) is 1.79. The third-order valence-corrected chi connectivity index (χ3v) is 1.20. The first-order chi connectivity index (χ1) is 5.33. The first kappa shape index (κ1) is 7.94. The number of amides is 1. The zero-order chi connectivity index (χ0) is 8.10. The van der Waals surface area contributed by atoms with Crippen LogP contribution < -0.4 is 5.32 Å². The summed E-state index contributed by atoms with van der Waals surface area (Å²) in [5.41, 5.74) is 0. The Bertz CT molecular complexity index is 239. The van der Waals surface area contributed by atoms with Crippen LogP contribution in [0.4, 0.5) is 5.82 Å². The van der Waals surface area contributed by atoms with E-state index in [-0.39, 0.29) is 11.8 Å². The lowest BCUT2D eigenvalue weighted by Gasteiger charge is -1.97. The molecule has 11 heavy (non-hydrogen) atoms. The summed E-state index contributed by atoms with van der Waals surface area (Å²) in [6, 6.07) is 3.31. The van der Waals surface area contributed by atoms with Gasteiger partial charge in [-0.25, -0.2) is 0 Å². The standard InChI is InChI=1S/C6H6ClN3O/c7-4-6(11)9-5-2-1-3-8-10-5/h1-3H,4H2,(H,9,10,11). The van der Waals surface area contributed by atoms with Crippen LogP contribution in [-0.4, -0.2) is 22.0 Å². The fraction of sp³-hybridized carbons (Fsp3) is 0.167. The minimum atomic E-state index is -0.285. The lowest BCUT2D eigenvalue weighted by atomic mass is 10.5. The first-order valence-corrected chi connectivity index (χ1v) is 3.50. The van der Waals surface area contributed by atoms with Gasteiger partial charge in [0.05, 0.1) is 0 Å². The molecule has 4 nitrogen and oxygen atoms in total. The third kappa shape index (κ3) is 2.51. The summed E-state index contributed by atoms with van der Waals surface area (Å²) in [6.07, 6.45) is 1.52. The maximum absolute atomic E-state index is 10.7. The number of nitrogens with zero attached hydrogens (tertiary/aromatic N) is 2. The molecule has 0 atom stereocenters. The van der Waals surface area contributed by atoms with E-state index in [1.54, 1.807) is 12.1 Å². The van der Waals surface area contributed by atoms with Crippen molar-refractivity contribution in [2.45, 2.75) is 0 Å². The van der Waals surface area contributed by atoms with E-state index in [0.29, 0.717) is 5.82 Å². The van der Waals surface area contributed by atoms with Gasteiger partial charge in [-0.1, -0.05) is 0 Å². The SMILES string of the molecule is O=C(CCl)Nc1cccnn1. The molecule has 5 heteroatoms. The van der Waals surface area contributed by atoms with Crippen molar-refractivity contribution >= 4 is 23.3 Å². The highest BCUT2D eigenvalue weighted by atomic mass is 35.5. The molecule has 0 aliphatic heterocycles. The predicted molar refractivity (Wildman–Crippen MR) is 41.4 cm³/mol. The van der Waals surface area contributed by atoms with Gasteiger partial charge in [0.2, 0.25) is 5.91 Å². The van der Waals surface area contributed by atoms with Crippen molar-refractivity contribution in [3.05, 3.63) is 18.3 Å². The number of carbonyl (C=O) groups is 1. The van der Waals surface area contributed by atoms with Gasteiger partial charge in [0.25, 0.3) is 0 Å². The molecule has 0 fully saturated rings. The molecule has 0 saturated heterocycles. The molecular weight excluding hydrogens is 166 g/mol. The lowest BCUT2D eigenvalue weighted by molar-refractivity contribution is -0.113. The van der Waals surface area contributed by atoms with Gasteiger partial charge >= 0.3 is 0 Å². The fourth-order valence-electron chi connectivity index (χ4n) is 0.544. The molecule has 1 rings (SSSR count). The molecule has 1 amide bonds. The van der Waals surface area contributed by atoms with Crippen LogP contribution in [0.3, 0.4) is 0 Å². The Morgan fingerprint density at radius 2 is 2.55 bits per heavy atom. The maximum Gasteiger partial charge on any atom is 0.240 e. The second kappa shape index (κ2) is 3.88. The summed E-state index contributed by atoms with van der Waals surface area (Å²) in [6.45, 7) is 0. The van der Waals surface area contributed by atoms with Crippen molar-refractivity contribution in [1.82, 2.24) is 10.2 Å². The van der Waals surface area contributed by atoms with E-state index in [1.165, 1.54) is 6.20 Å². The molecule has 0 bridgehead atoms. The van der Waals surface area contributed by atoms with Crippen LogP contribution in [-0.2, 0) is 4.79 Å². The summed E-state index contributed by atoms with van der Waals surface area (Å²) in [4.78, 5) is 10.7. The molecule has 0 aliphatic rings. The Balaban J connectivity index is 2.58. The van der Waals surface area contributed by atoms with E-state index >= 15 is 0 Å². The molecule has 0 radical (unpaired) electrons.